The Morgan fingerprint density at radius 1 is 1.27 bits per heavy atom. The number of carbonyl (C=O) groups is 1. The van der Waals surface area contributed by atoms with E-state index in [9.17, 15) is 9.18 Å². The van der Waals surface area contributed by atoms with E-state index in [-0.39, 0.29) is 17.8 Å². The van der Waals surface area contributed by atoms with Crippen LogP contribution >= 0.6 is 0 Å². The van der Waals surface area contributed by atoms with E-state index in [0.717, 1.165) is 0 Å². The van der Waals surface area contributed by atoms with Gasteiger partial charge in [0.15, 0.2) is 0 Å². The molecule has 0 aromatic heterocycles. The molecule has 0 saturated carbocycles. The molecule has 1 aliphatic heterocycles. The summed E-state index contributed by atoms with van der Waals surface area (Å²) in [5.74, 6) is -0.427. The van der Waals surface area contributed by atoms with Crippen molar-refractivity contribution in [2.45, 2.75) is 26.9 Å². The lowest BCUT2D eigenvalue weighted by molar-refractivity contribution is -0.0123. The first-order valence-corrected chi connectivity index (χ1v) is 10.1. The molecule has 1 saturated heterocycles. The average Bonchev–Trinajstić information content (AvgIpc) is 2.74. The molecule has 0 spiro atoms. The number of nitrogens with zero attached hydrogens (tertiary/aromatic N) is 2. The molecular formula is C25H27FN2O2. The predicted octanol–water partition coefficient (Wildman–Crippen LogP) is 5.36. The number of amides is 1. The van der Waals surface area contributed by atoms with Gasteiger partial charge in [-0.15, -0.1) is 0 Å². The van der Waals surface area contributed by atoms with Crippen LogP contribution in [0.25, 0.3) is 16.7 Å². The first-order valence-electron chi connectivity index (χ1n) is 10.1. The van der Waals surface area contributed by atoms with Crippen molar-refractivity contribution in [2.75, 3.05) is 19.7 Å². The average molecular weight is 407 g/mol. The maximum Gasteiger partial charge on any atom is 0.254 e. The van der Waals surface area contributed by atoms with Gasteiger partial charge in [-0.2, -0.15) is 0 Å². The van der Waals surface area contributed by atoms with Gasteiger partial charge in [-0.1, -0.05) is 43.0 Å². The van der Waals surface area contributed by atoms with Crippen molar-refractivity contribution in [3.63, 3.8) is 0 Å². The number of morpholine rings is 1. The van der Waals surface area contributed by atoms with Gasteiger partial charge in [-0.05, 0) is 49.6 Å². The molecule has 156 valence electrons. The second-order valence-corrected chi connectivity index (χ2v) is 7.41. The molecule has 1 heterocycles. The first kappa shape index (κ1) is 21.7. The Balaban J connectivity index is 1.95. The quantitative estimate of drug-likeness (QED) is 0.627. The van der Waals surface area contributed by atoms with E-state index >= 15 is 0 Å². The Bertz CT molecular complexity index is 1010. The summed E-state index contributed by atoms with van der Waals surface area (Å²) in [6.07, 6.45) is 3.42. The molecule has 30 heavy (non-hydrogen) atoms. The van der Waals surface area contributed by atoms with Crippen LogP contribution in [0.3, 0.4) is 0 Å². The third kappa shape index (κ3) is 4.92. The topological polar surface area (TPSA) is 41.9 Å². The highest BCUT2D eigenvalue weighted by molar-refractivity contribution is 6.10. The minimum atomic E-state index is -0.365. The van der Waals surface area contributed by atoms with E-state index < -0.39 is 0 Å². The molecule has 0 aliphatic carbocycles. The van der Waals surface area contributed by atoms with Gasteiger partial charge in [0.2, 0.25) is 0 Å². The highest BCUT2D eigenvalue weighted by Crippen LogP contribution is 2.29. The van der Waals surface area contributed by atoms with Gasteiger partial charge < -0.3 is 9.64 Å². The Kier molecular flexibility index (Phi) is 6.95. The van der Waals surface area contributed by atoms with Crippen molar-refractivity contribution >= 4 is 17.7 Å². The van der Waals surface area contributed by atoms with Crippen LogP contribution in [0.5, 0.6) is 0 Å². The van der Waals surface area contributed by atoms with E-state index in [1.165, 1.54) is 6.07 Å². The number of halogens is 1. The van der Waals surface area contributed by atoms with Crippen LogP contribution in [0.15, 0.2) is 65.8 Å². The zero-order valence-electron chi connectivity index (χ0n) is 17.7. The molecule has 2 aromatic carbocycles. The summed E-state index contributed by atoms with van der Waals surface area (Å²) in [5.41, 5.74) is 3.72. The van der Waals surface area contributed by atoms with Crippen molar-refractivity contribution in [1.29, 1.82) is 0 Å². The van der Waals surface area contributed by atoms with Gasteiger partial charge in [0.1, 0.15) is 5.82 Å². The van der Waals surface area contributed by atoms with E-state index in [4.69, 9.17) is 4.74 Å². The minimum Gasteiger partial charge on any atom is -0.375 e. The second-order valence-electron chi connectivity index (χ2n) is 7.41. The maximum atomic E-state index is 15.0. The number of ether oxygens (including phenoxy) is 1. The fraction of sp³-hybridized carbons (Fsp3) is 0.280. The zero-order chi connectivity index (χ0) is 21.7. The van der Waals surface area contributed by atoms with Gasteiger partial charge in [0, 0.05) is 36.1 Å². The number of allylic oxidation sites excluding steroid dienone is 3. The van der Waals surface area contributed by atoms with Crippen molar-refractivity contribution < 1.29 is 13.9 Å². The van der Waals surface area contributed by atoms with Crippen LogP contribution in [-0.4, -0.2) is 42.8 Å². The van der Waals surface area contributed by atoms with Crippen molar-refractivity contribution in [1.82, 2.24) is 4.90 Å². The number of hydrogen-bond donors (Lipinski definition) is 0. The smallest absolute Gasteiger partial charge is 0.254 e. The number of carbonyl (C=O) groups excluding carboxylic acids is 1. The SMILES string of the molecule is C=C(C)/N=C\C(=C/C)c1ccc(-c2ccccc2C(=O)N2CCO[C@@H](C)C2)cc1F. The Morgan fingerprint density at radius 3 is 2.70 bits per heavy atom. The van der Waals surface area contributed by atoms with E-state index in [1.807, 2.05) is 44.2 Å². The largest absolute Gasteiger partial charge is 0.375 e. The van der Waals surface area contributed by atoms with Gasteiger partial charge in [-0.3, -0.25) is 9.79 Å². The van der Waals surface area contributed by atoms with Gasteiger partial charge >= 0.3 is 0 Å². The maximum absolute atomic E-state index is 15.0. The number of aliphatic imine (C=N–C) groups is 1. The summed E-state index contributed by atoms with van der Waals surface area (Å²) >= 11 is 0. The van der Waals surface area contributed by atoms with E-state index in [2.05, 4.69) is 11.6 Å². The van der Waals surface area contributed by atoms with Crippen LogP contribution in [0, 0.1) is 5.82 Å². The monoisotopic (exact) mass is 406 g/mol. The zero-order valence-corrected chi connectivity index (χ0v) is 17.7. The van der Waals surface area contributed by atoms with Gasteiger partial charge in [0.05, 0.1) is 12.7 Å². The summed E-state index contributed by atoms with van der Waals surface area (Å²) in [7, 11) is 0. The standard InChI is InChI=1S/C25H27FN2O2/c1-5-19(15-27-17(2)3)22-11-10-20(14-24(22)26)21-8-6-7-9-23(21)25(29)28-12-13-30-18(4)16-28/h5-11,14-15,18H,2,12-13,16H2,1,3-4H3/b19-5+,27-15-/t18-/m0/s1. The molecule has 0 radical (unpaired) electrons. The van der Waals surface area contributed by atoms with Crippen LogP contribution in [0.2, 0.25) is 0 Å². The summed E-state index contributed by atoms with van der Waals surface area (Å²) in [5, 5.41) is 0. The van der Waals surface area contributed by atoms with Crippen LogP contribution in [0.4, 0.5) is 4.39 Å². The number of hydrogen-bond acceptors (Lipinski definition) is 3. The van der Waals surface area contributed by atoms with Crippen molar-refractivity contribution in [3.05, 3.63) is 77.8 Å². The van der Waals surface area contributed by atoms with Gasteiger partial charge in [-0.25, -0.2) is 4.39 Å². The molecule has 1 aliphatic rings. The normalized spacial score (nSPS) is 17.4. The molecule has 1 atom stereocenters. The van der Waals surface area contributed by atoms with Gasteiger partial charge in [0.25, 0.3) is 5.91 Å². The Morgan fingerprint density at radius 2 is 2.03 bits per heavy atom. The Hall–Kier alpha value is -3.05. The summed E-state index contributed by atoms with van der Waals surface area (Å²) in [6.45, 7) is 10.9. The molecule has 4 nitrogen and oxygen atoms in total. The molecule has 0 bridgehead atoms. The van der Waals surface area contributed by atoms with Crippen LogP contribution in [0.1, 0.15) is 36.7 Å². The molecule has 3 rings (SSSR count). The van der Waals surface area contributed by atoms with E-state index in [1.54, 1.807) is 30.2 Å². The van der Waals surface area contributed by atoms with Crippen molar-refractivity contribution in [2.24, 2.45) is 4.99 Å². The third-order valence-electron chi connectivity index (χ3n) is 5.01. The predicted molar refractivity (Wildman–Crippen MR) is 120 cm³/mol. The summed E-state index contributed by atoms with van der Waals surface area (Å²) in [6, 6.07) is 12.4. The third-order valence-corrected chi connectivity index (χ3v) is 5.01. The fourth-order valence-corrected chi connectivity index (χ4v) is 3.49. The van der Waals surface area contributed by atoms with Crippen LogP contribution in [-0.2, 0) is 4.74 Å². The fourth-order valence-electron chi connectivity index (χ4n) is 3.49. The minimum absolute atomic E-state index is 0.00621. The molecule has 0 N–H and O–H groups in total. The molecular weight excluding hydrogens is 379 g/mol. The highest BCUT2D eigenvalue weighted by atomic mass is 19.1. The van der Waals surface area contributed by atoms with Crippen LogP contribution < -0.4 is 0 Å². The lowest BCUT2D eigenvalue weighted by Gasteiger charge is -2.31. The molecule has 5 heteroatoms. The lowest BCUT2D eigenvalue weighted by atomic mass is 9.95. The number of rotatable bonds is 5. The van der Waals surface area contributed by atoms with Crippen molar-refractivity contribution in [3.8, 4) is 11.1 Å². The molecule has 1 amide bonds. The summed E-state index contributed by atoms with van der Waals surface area (Å²) in [4.78, 5) is 19.1. The second kappa shape index (κ2) is 9.63. The first-order chi connectivity index (χ1) is 14.4. The lowest BCUT2D eigenvalue weighted by Crippen LogP contribution is -2.44. The Labute approximate surface area is 177 Å². The molecule has 0 unspecified atom stereocenters. The molecule has 2 aromatic rings. The summed E-state index contributed by atoms with van der Waals surface area (Å²) < 4.78 is 20.5. The highest BCUT2D eigenvalue weighted by Gasteiger charge is 2.24. The molecule has 1 fully saturated rings. The van der Waals surface area contributed by atoms with E-state index in [0.29, 0.717) is 53.2 Å². The number of benzene rings is 2.